The van der Waals surface area contributed by atoms with Crippen LogP contribution in [0.3, 0.4) is 0 Å². The molecule has 0 unspecified atom stereocenters. The van der Waals surface area contributed by atoms with Crippen molar-refractivity contribution in [1.29, 1.82) is 0 Å². The van der Waals surface area contributed by atoms with Crippen LogP contribution in [-0.2, 0) is 13.6 Å². The Morgan fingerprint density at radius 1 is 1.26 bits per heavy atom. The molecule has 120 valence electrons. The van der Waals surface area contributed by atoms with Crippen molar-refractivity contribution in [3.63, 3.8) is 0 Å². The Balaban J connectivity index is 0.00000156. The minimum Gasteiger partial charge on any atom is -1.00 e. The van der Waals surface area contributed by atoms with Crippen molar-refractivity contribution >= 4 is 5.82 Å². The first-order chi connectivity index (χ1) is 10.7. The summed E-state index contributed by atoms with van der Waals surface area (Å²) in [5.41, 5.74) is 1.66. The van der Waals surface area contributed by atoms with E-state index in [0.29, 0.717) is 18.2 Å². The topological polar surface area (TPSA) is 64.7 Å². The highest BCUT2D eigenvalue weighted by Gasteiger charge is 2.30. The van der Waals surface area contributed by atoms with Gasteiger partial charge in [0.15, 0.2) is 11.6 Å². The normalized spacial score (nSPS) is 16.0. The third-order valence-electron chi connectivity index (χ3n) is 4.24. The predicted molar refractivity (Wildman–Crippen MR) is 85.0 cm³/mol. The Kier molecular flexibility index (Phi) is 3.85. The third kappa shape index (κ3) is 2.30. The molecule has 0 aliphatic carbocycles. The van der Waals surface area contributed by atoms with Crippen LogP contribution >= 0.6 is 0 Å². The van der Waals surface area contributed by atoms with E-state index in [0.717, 1.165) is 23.5 Å². The Morgan fingerprint density at radius 2 is 2.00 bits per heavy atom. The molecule has 0 radical (unpaired) electrons. The van der Waals surface area contributed by atoms with Crippen LogP contribution in [0.15, 0.2) is 35.1 Å². The van der Waals surface area contributed by atoms with E-state index in [1.807, 2.05) is 30.3 Å². The first kappa shape index (κ1) is 15.6. The fraction of sp³-hybridized carbons (Fsp3) is 0.312. The summed E-state index contributed by atoms with van der Waals surface area (Å²) in [6, 6.07) is 10.1. The number of aromatic nitrogens is 4. The molecule has 0 aromatic heterocycles. The first-order valence-corrected chi connectivity index (χ1v) is 7.48. The summed E-state index contributed by atoms with van der Waals surface area (Å²) in [7, 11) is 1.75. The molecule has 0 saturated heterocycles. The standard InChI is InChI=1S/C16H17N5O.ClH/c1-3-11-9-21-15(17-11)12-14(20(2)16(21)22)19-13(18-12)10-7-5-4-6-8-10;/h4-8,11,17H,3,9H2,1-2H3;1H/p-1/t11-;/m1./s1. The summed E-state index contributed by atoms with van der Waals surface area (Å²) in [6.07, 6.45) is 0.964. The van der Waals surface area contributed by atoms with Gasteiger partial charge in [0.05, 0.1) is 0 Å². The largest absolute Gasteiger partial charge is 1.00 e. The number of rotatable bonds is 2. The van der Waals surface area contributed by atoms with Crippen molar-refractivity contribution in [3.05, 3.63) is 40.8 Å². The lowest BCUT2D eigenvalue weighted by Crippen LogP contribution is -3.00. The molecule has 0 spiro atoms. The molecule has 3 aliphatic heterocycles. The van der Waals surface area contributed by atoms with Crippen LogP contribution in [0.1, 0.15) is 13.3 Å². The molecule has 0 saturated carbocycles. The molecule has 0 bridgehead atoms. The van der Waals surface area contributed by atoms with Crippen LogP contribution < -0.4 is 23.4 Å². The summed E-state index contributed by atoms with van der Waals surface area (Å²) >= 11 is 0. The fourth-order valence-corrected chi connectivity index (χ4v) is 2.94. The fourth-order valence-electron chi connectivity index (χ4n) is 2.94. The van der Waals surface area contributed by atoms with Crippen LogP contribution in [-0.4, -0.2) is 25.1 Å². The summed E-state index contributed by atoms with van der Waals surface area (Å²) in [4.78, 5) is 21.7. The van der Waals surface area contributed by atoms with Crippen LogP contribution in [0, 0.1) is 0 Å². The molecule has 4 rings (SSSR count). The molecule has 0 fully saturated rings. The lowest BCUT2D eigenvalue weighted by molar-refractivity contribution is -0.00000470. The Hall–Kier alpha value is -2.34. The number of nitrogens with one attached hydrogen (secondary N) is 1. The van der Waals surface area contributed by atoms with Crippen molar-refractivity contribution < 1.29 is 12.4 Å². The van der Waals surface area contributed by atoms with Gasteiger partial charge in [0.2, 0.25) is 0 Å². The zero-order valence-electron chi connectivity index (χ0n) is 13.0. The van der Waals surface area contributed by atoms with E-state index in [2.05, 4.69) is 22.2 Å². The van der Waals surface area contributed by atoms with Gasteiger partial charge in [0.25, 0.3) is 0 Å². The molecule has 1 aromatic carbocycles. The SMILES string of the molecule is CC[C@@H]1Cn2c(c3nc(-c4ccccc4)nc-3n(C)c2=O)N1.[Cl-]. The molecule has 6 nitrogen and oxygen atoms in total. The second-order valence-electron chi connectivity index (χ2n) is 5.64. The van der Waals surface area contributed by atoms with Gasteiger partial charge < -0.3 is 17.7 Å². The van der Waals surface area contributed by atoms with Gasteiger partial charge >= 0.3 is 5.69 Å². The van der Waals surface area contributed by atoms with E-state index in [9.17, 15) is 4.79 Å². The maximum absolute atomic E-state index is 12.5. The number of hydrogen-bond acceptors (Lipinski definition) is 4. The Labute approximate surface area is 139 Å². The molecule has 0 amide bonds. The average molecular weight is 331 g/mol. The summed E-state index contributed by atoms with van der Waals surface area (Å²) in [5.74, 6) is 2.07. The smallest absolute Gasteiger partial charge is 0.331 e. The van der Waals surface area contributed by atoms with Crippen molar-refractivity contribution in [2.45, 2.75) is 25.9 Å². The molecule has 3 aliphatic rings. The Bertz CT molecular complexity index is 870. The van der Waals surface area contributed by atoms with E-state index < -0.39 is 0 Å². The van der Waals surface area contributed by atoms with Crippen molar-refractivity contribution in [3.8, 4) is 22.9 Å². The van der Waals surface area contributed by atoms with Gasteiger partial charge in [-0.3, -0.25) is 9.13 Å². The van der Waals surface area contributed by atoms with E-state index in [1.54, 1.807) is 16.2 Å². The summed E-state index contributed by atoms with van der Waals surface area (Å²) in [5, 5.41) is 3.41. The highest BCUT2D eigenvalue weighted by atomic mass is 35.5. The van der Waals surface area contributed by atoms with Gasteiger partial charge in [0.1, 0.15) is 11.5 Å². The summed E-state index contributed by atoms with van der Waals surface area (Å²) < 4.78 is 3.35. The molecule has 1 aromatic rings. The maximum Gasteiger partial charge on any atom is 0.331 e. The summed E-state index contributed by atoms with van der Waals surface area (Å²) in [6.45, 7) is 2.79. The number of benzene rings is 1. The predicted octanol–water partition coefficient (Wildman–Crippen LogP) is -1.04. The van der Waals surface area contributed by atoms with Gasteiger partial charge in [0, 0.05) is 25.2 Å². The van der Waals surface area contributed by atoms with E-state index in [4.69, 9.17) is 0 Å². The van der Waals surface area contributed by atoms with Gasteiger partial charge in [-0.2, -0.15) is 0 Å². The highest BCUT2D eigenvalue weighted by molar-refractivity contribution is 5.73. The van der Waals surface area contributed by atoms with Crippen molar-refractivity contribution in [2.24, 2.45) is 7.05 Å². The number of nitrogens with zero attached hydrogens (tertiary/aromatic N) is 4. The lowest BCUT2D eigenvalue weighted by atomic mass is 10.2. The quantitative estimate of drug-likeness (QED) is 0.652. The molecule has 3 heterocycles. The van der Waals surface area contributed by atoms with E-state index >= 15 is 0 Å². The molecular formula is C16H17ClN5O-. The monoisotopic (exact) mass is 330 g/mol. The zero-order valence-corrected chi connectivity index (χ0v) is 13.7. The second-order valence-corrected chi connectivity index (χ2v) is 5.64. The van der Waals surface area contributed by atoms with Crippen LogP contribution in [0.5, 0.6) is 0 Å². The van der Waals surface area contributed by atoms with Gasteiger partial charge in [-0.25, -0.2) is 14.8 Å². The molecule has 1 N–H and O–H groups in total. The minimum atomic E-state index is -0.0505. The number of anilines is 1. The van der Waals surface area contributed by atoms with Crippen LogP contribution in [0.25, 0.3) is 22.9 Å². The van der Waals surface area contributed by atoms with Crippen molar-refractivity contribution in [1.82, 2.24) is 19.1 Å². The number of imidazole rings is 1. The van der Waals surface area contributed by atoms with Crippen molar-refractivity contribution in [2.75, 3.05) is 5.32 Å². The molecule has 23 heavy (non-hydrogen) atoms. The van der Waals surface area contributed by atoms with Crippen LogP contribution in [0.4, 0.5) is 5.82 Å². The van der Waals surface area contributed by atoms with E-state index in [-0.39, 0.29) is 24.1 Å². The average Bonchev–Trinajstić information content (AvgIpc) is 3.17. The van der Waals surface area contributed by atoms with E-state index in [1.165, 1.54) is 0 Å². The molecule has 7 heteroatoms. The maximum atomic E-state index is 12.5. The first-order valence-electron chi connectivity index (χ1n) is 7.48. The van der Waals surface area contributed by atoms with Gasteiger partial charge in [-0.1, -0.05) is 37.3 Å². The lowest BCUT2D eigenvalue weighted by Gasteiger charge is -2.10. The molecular weight excluding hydrogens is 314 g/mol. The van der Waals surface area contributed by atoms with Gasteiger partial charge in [-0.15, -0.1) is 0 Å². The number of halogens is 1. The van der Waals surface area contributed by atoms with Crippen LogP contribution in [0.2, 0.25) is 0 Å². The number of fused-ring (bicyclic) bond motifs is 3. The third-order valence-corrected chi connectivity index (χ3v) is 4.24. The zero-order chi connectivity index (χ0) is 15.3. The Morgan fingerprint density at radius 3 is 2.70 bits per heavy atom. The minimum absolute atomic E-state index is 0. The molecule has 1 atom stereocenters. The number of hydrogen-bond donors (Lipinski definition) is 1. The highest BCUT2D eigenvalue weighted by Crippen LogP contribution is 2.32. The second kappa shape index (κ2) is 5.70. The van der Waals surface area contributed by atoms with Gasteiger partial charge in [-0.05, 0) is 6.42 Å².